The van der Waals surface area contributed by atoms with Gasteiger partial charge in [0, 0.05) is 65.1 Å². The highest BCUT2D eigenvalue weighted by molar-refractivity contribution is 5.80. The lowest BCUT2D eigenvalue weighted by Gasteiger charge is -2.21. The molecule has 0 radical (unpaired) electrons. The number of aromatic nitrogens is 2. The molecule has 1 atom stereocenters. The molecule has 0 saturated carbocycles. The van der Waals surface area contributed by atoms with Crippen LogP contribution in [0, 0.1) is 5.92 Å². The van der Waals surface area contributed by atoms with E-state index in [-0.39, 0.29) is 0 Å². The summed E-state index contributed by atoms with van der Waals surface area (Å²) in [5.74, 6) is 2.67. The molecule has 2 heterocycles. The van der Waals surface area contributed by atoms with Gasteiger partial charge in [-0.3, -0.25) is 4.99 Å². The summed E-state index contributed by atoms with van der Waals surface area (Å²) in [7, 11) is 3.62. The summed E-state index contributed by atoms with van der Waals surface area (Å²) in [6, 6.07) is 10.5. The Morgan fingerprint density at radius 2 is 2.19 bits per heavy atom. The zero-order chi connectivity index (χ0) is 18.2. The number of rotatable bonds is 7. The summed E-state index contributed by atoms with van der Waals surface area (Å²) in [6.45, 7) is 4.55. The monoisotopic (exact) mass is 355 g/mol. The van der Waals surface area contributed by atoms with E-state index in [4.69, 9.17) is 4.74 Å². The number of guanidine groups is 1. The topological polar surface area (TPSA) is 54.7 Å². The van der Waals surface area contributed by atoms with Crippen molar-refractivity contribution in [3.05, 3.63) is 54.1 Å². The Bertz CT molecular complexity index is 697. The van der Waals surface area contributed by atoms with Crippen molar-refractivity contribution in [1.82, 2.24) is 19.8 Å². The number of aliphatic imine (C=N–C) groups is 1. The minimum absolute atomic E-state index is 0.600. The van der Waals surface area contributed by atoms with Crippen LogP contribution in [0.5, 0.6) is 0 Å². The highest BCUT2D eigenvalue weighted by Gasteiger charge is 2.24. The highest BCUT2D eigenvalue weighted by atomic mass is 16.5. The van der Waals surface area contributed by atoms with Crippen LogP contribution in [0.3, 0.4) is 0 Å². The molecule has 0 spiro atoms. The fraction of sp³-hybridized carbons (Fsp3) is 0.500. The summed E-state index contributed by atoms with van der Waals surface area (Å²) in [4.78, 5) is 11.3. The number of likely N-dealkylation sites (tertiary alicyclic amines) is 1. The third-order valence-corrected chi connectivity index (χ3v) is 4.83. The second kappa shape index (κ2) is 9.38. The molecule has 1 aliphatic heterocycles. The van der Waals surface area contributed by atoms with Crippen molar-refractivity contribution in [2.75, 3.05) is 40.4 Å². The van der Waals surface area contributed by atoms with Gasteiger partial charge in [-0.25, -0.2) is 4.98 Å². The van der Waals surface area contributed by atoms with Gasteiger partial charge < -0.3 is 19.5 Å². The second-order valence-corrected chi connectivity index (χ2v) is 6.74. The quantitative estimate of drug-likeness (QED) is 0.610. The maximum absolute atomic E-state index is 5.28. The molecule has 0 aliphatic carbocycles. The van der Waals surface area contributed by atoms with Crippen molar-refractivity contribution in [3.8, 4) is 0 Å². The lowest BCUT2D eigenvalue weighted by Crippen LogP contribution is -2.41. The molecule has 0 bridgehead atoms. The SMILES string of the molecule is CN=C(NCCc1nccn1Cc1ccccc1)N1CCC(COC)C1. The van der Waals surface area contributed by atoms with Gasteiger partial charge in [-0.1, -0.05) is 30.3 Å². The lowest BCUT2D eigenvalue weighted by atomic mass is 10.1. The zero-order valence-electron chi connectivity index (χ0n) is 15.8. The first-order valence-electron chi connectivity index (χ1n) is 9.28. The van der Waals surface area contributed by atoms with Crippen LogP contribution in [0.1, 0.15) is 17.8 Å². The van der Waals surface area contributed by atoms with Gasteiger partial charge in [0.1, 0.15) is 5.82 Å². The molecule has 6 nitrogen and oxygen atoms in total. The minimum Gasteiger partial charge on any atom is -0.384 e. The first-order valence-corrected chi connectivity index (χ1v) is 9.28. The smallest absolute Gasteiger partial charge is 0.193 e. The number of nitrogens with one attached hydrogen (secondary N) is 1. The Labute approximate surface area is 155 Å². The second-order valence-electron chi connectivity index (χ2n) is 6.74. The minimum atomic E-state index is 0.600. The number of benzene rings is 1. The van der Waals surface area contributed by atoms with E-state index in [1.165, 1.54) is 5.56 Å². The van der Waals surface area contributed by atoms with Gasteiger partial charge in [0.15, 0.2) is 5.96 Å². The predicted octanol–water partition coefficient (Wildman–Crippen LogP) is 2.02. The average molecular weight is 355 g/mol. The summed E-state index contributed by atoms with van der Waals surface area (Å²) in [6.07, 6.45) is 5.96. The van der Waals surface area contributed by atoms with Crippen molar-refractivity contribution in [1.29, 1.82) is 0 Å². The Balaban J connectivity index is 1.50. The number of nitrogens with zero attached hydrogens (tertiary/aromatic N) is 4. The first kappa shape index (κ1) is 18.5. The van der Waals surface area contributed by atoms with Crippen LogP contribution in [0.25, 0.3) is 0 Å². The van der Waals surface area contributed by atoms with Crippen molar-refractivity contribution in [2.24, 2.45) is 10.9 Å². The standard InChI is InChI=1S/C20H29N5O/c1-21-20(25-12-9-18(15-25)16-26-2)23-10-8-19-22-11-13-24(19)14-17-6-4-3-5-7-17/h3-7,11,13,18H,8-10,12,14-16H2,1-2H3,(H,21,23). The Morgan fingerprint density at radius 3 is 2.96 bits per heavy atom. The molecule has 1 unspecified atom stereocenters. The molecule has 1 aliphatic rings. The maximum Gasteiger partial charge on any atom is 0.193 e. The molecule has 0 amide bonds. The van der Waals surface area contributed by atoms with E-state index in [9.17, 15) is 0 Å². The number of hydrogen-bond donors (Lipinski definition) is 1. The average Bonchev–Trinajstić information content (AvgIpc) is 3.30. The third-order valence-electron chi connectivity index (χ3n) is 4.83. The van der Waals surface area contributed by atoms with Crippen LogP contribution >= 0.6 is 0 Å². The van der Waals surface area contributed by atoms with Crippen LogP contribution < -0.4 is 5.32 Å². The maximum atomic E-state index is 5.28. The molecule has 1 N–H and O–H groups in total. The van der Waals surface area contributed by atoms with Gasteiger partial charge in [-0.05, 0) is 12.0 Å². The Kier molecular flexibility index (Phi) is 6.66. The molecule has 1 fully saturated rings. The normalized spacial score (nSPS) is 17.7. The first-order chi connectivity index (χ1) is 12.8. The van der Waals surface area contributed by atoms with E-state index < -0.39 is 0 Å². The van der Waals surface area contributed by atoms with Crippen molar-refractivity contribution in [2.45, 2.75) is 19.4 Å². The fourth-order valence-electron chi connectivity index (χ4n) is 3.51. The van der Waals surface area contributed by atoms with Crippen LogP contribution in [0.15, 0.2) is 47.7 Å². The molecule has 6 heteroatoms. The fourth-order valence-corrected chi connectivity index (χ4v) is 3.51. The van der Waals surface area contributed by atoms with Gasteiger partial charge in [-0.2, -0.15) is 0 Å². The molecule has 1 aromatic heterocycles. The van der Waals surface area contributed by atoms with Crippen molar-refractivity contribution < 1.29 is 4.74 Å². The number of hydrogen-bond acceptors (Lipinski definition) is 3. The van der Waals surface area contributed by atoms with Gasteiger partial charge >= 0.3 is 0 Å². The van der Waals surface area contributed by atoms with E-state index >= 15 is 0 Å². The molecule has 140 valence electrons. The van der Waals surface area contributed by atoms with Gasteiger partial charge in [0.05, 0.1) is 6.61 Å². The lowest BCUT2D eigenvalue weighted by molar-refractivity contribution is 0.157. The molecule has 26 heavy (non-hydrogen) atoms. The molecule has 3 rings (SSSR count). The number of methoxy groups -OCH3 is 1. The van der Waals surface area contributed by atoms with Crippen LogP contribution in [-0.4, -0.2) is 60.8 Å². The summed E-state index contributed by atoms with van der Waals surface area (Å²) >= 11 is 0. The van der Waals surface area contributed by atoms with E-state index in [0.717, 1.165) is 57.4 Å². The Morgan fingerprint density at radius 1 is 1.35 bits per heavy atom. The van der Waals surface area contributed by atoms with Crippen molar-refractivity contribution in [3.63, 3.8) is 0 Å². The van der Waals surface area contributed by atoms with E-state index in [1.807, 2.05) is 25.5 Å². The van der Waals surface area contributed by atoms with Crippen LogP contribution in [-0.2, 0) is 17.7 Å². The van der Waals surface area contributed by atoms with Gasteiger partial charge in [0.2, 0.25) is 0 Å². The molecule has 2 aromatic rings. The van der Waals surface area contributed by atoms with Crippen molar-refractivity contribution >= 4 is 5.96 Å². The van der Waals surface area contributed by atoms with Gasteiger partial charge in [0.25, 0.3) is 0 Å². The summed E-state index contributed by atoms with van der Waals surface area (Å²) in [5.41, 5.74) is 1.29. The van der Waals surface area contributed by atoms with E-state index in [2.05, 4.69) is 49.0 Å². The van der Waals surface area contributed by atoms with Crippen LogP contribution in [0.4, 0.5) is 0 Å². The molecular formula is C20H29N5O. The number of ether oxygens (including phenoxy) is 1. The van der Waals surface area contributed by atoms with Gasteiger partial charge in [-0.15, -0.1) is 0 Å². The molecule has 1 aromatic carbocycles. The number of imidazole rings is 1. The zero-order valence-corrected chi connectivity index (χ0v) is 15.8. The highest BCUT2D eigenvalue weighted by Crippen LogP contribution is 2.16. The summed E-state index contributed by atoms with van der Waals surface area (Å²) < 4.78 is 7.49. The van der Waals surface area contributed by atoms with Crippen LogP contribution in [0.2, 0.25) is 0 Å². The third kappa shape index (κ3) is 4.85. The van der Waals surface area contributed by atoms with E-state index in [1.54, 1.807) is 7.11 Å². The van der Waals surface area contributed by atoms with E-state index in [0.29, 0.717) is 5.92 Å². The Hall–Kier alpha value is -2.34. The largest absolute Gasteiger partial charge is 0.384 e. The molecule has 1 saturated heterocycles. The molecular weight excluding hydrogens is 326 g/mol. The predicted molar refractivity (Wildman–Crippen MR) is 104 cm³/mol. The summed E-state index contributed by atoms with van der Waals surface area (Å²) in [5, 5.41) is 3.49.